The molecule has 5 heteroatoms. The summed E-state index contributed by atoms with van der Waals surface area (Å²) in [5, 5.41) is 3.33. The maximum absolute atomic E-state index is 5.74. The predicted octanol–water partition coefficient (Wildman–Crippen LogP) is 1.04. The number of nitrogens with two attached hydrogens (primary N) is 1. The van der Waals surface area contributed by atoms with Crippen LogP contribution >= 0.6 is 0 Å². The average Bonchev–Trinajstić information content (AvgIpc) is 3.00. The van der Waals surface area contributed by atoms with Crippen molar-refractivity contribution in [2.45, 2.75) is 31.4 Å². The lowest BCUT2D eigenvalue weighted by Gasteiger charge is -2.19. The van der Waals surface area contributed by atoms with Crippen LogP contribution in [0.4, 0.5) is 11.8 Å². The molecule has 3 rings (SSSR count). The molecule has 86 valence electrons. The smallest absolute Gasteiger partial charge is 0.224 e. The predicted molar refractivity (Wildman–Crippen MR) is 60.9 cm³/mol. The summed E-state index contributed by atoms with van der Waals surface area (Å²) in [6, 6.07) is 2.03. The van der Waals surface area contributed by atoms with Gasteiger partial charge in [-0.15, -0.1) is 0 Å². The lowest BCUT2D eigenvalue weighted by molar-refractivity contribution is 0.0897. The molecule has 0 amide bonds. The molecule has 1 saturated carbocycles. The van der Waals surface area contributed by atoms with Gasteiger partial charge in [-0.05, 0) is 31.2 Å². The number of nitrogens with one attached hydrogen (secondary N) is 1. The van der Waals surface area contributed by atoms with Gasteiger partial charge in [0.25, 0.3) is 0 Å². The summed E-state index contributed by atoms with van der Waals surface area (Å²) in [6.07, 6.45) is 5.62. The second kappa shape index (κ2) is 3.90. The van der Waals surface area contributed by atoms with Crippen molar-refractivity contribution in [1.82, 2.24) is 9.97 Å². The van der Waals surface area contributed by atoms with E-state index in [0.717, 1.165) is 18.9 Å². The summed E-state index contributed by atoms with van der Waals surface area (Å²) < 4.78 is 5.74. The van der Waals surface area contributed by atoms with Crippen LogP contribution < -0.4 is 11.1 Å². The molecule has 2 atom stereocenters. The van der Waals surface area contributed by atoms with Gasteiger partial charge in [0.15, 0.2) is 0 Å². The molecule has 1 aromatic rings. The van der Waals surface area contributed by atoms with Crippen molar-refractivity contribution in [2.24, 2.45) is 5.92 Å². The van der Waals surface area contributed by atoms with Crippen LogP contribution in [0.5, 0.6) is 0 Å². The molecule has 5 nitrogen and oxygen atoms in total. The van der Waals surface area contributed by atoms with Crippen LogP contribution in [0.1, 0.15) is 19.3 Å². The third-order valence-corrected chi connectivity index (χ3v) is 3.21. The number of anilines is 2. The second-order valence-corrected chi connectivity index (χ2v) is 4.52. The molecule has 3 N–H and O–H groups in total. The van der Waals surface area contributed by atoms with E-state index in [1.165, 1.54) is 12.8 Å². The molecule has 2 heterocycles. The van der Waals surface area contributed by atoms with Crippen LogP contribution in [0.25, 0.3) is 0 Å². The van der Waals surface area contributed by atoms with Crippen LogP contribution in [0.3, 0.4) is 0 Å². The first kappa shape index (κ1) is 9.84. The Bertz CT molecular complexity index is 380. The summed E-state index contributed by atoms with van der Waals surface area (Å²) in [5.74, 6) is 1.85. The minimum absolute atomic E-state index is 0.338. The fraction of sp³-hybridized carbons (Fsp3) is 0.636. The van der Waals surface area contributed by atoms with Crippen molar-refractivity contribution in [1.29, 1.82) is 0 Å². The molecule has 2 fully saturated rings. The second-order valence-electron chi connectivity index (χ2n) is 4.52. The van der Waals surface area contributed by atoms with Crippen molar-refractivity contribution < 1.29 is 4.74 Å². The SMILES string of the molecule is Nc1ccnc(NC2CCOC2C2CC2)n1. The Morgan fingerprint density at radius 3 is 3.00 bits per heavy atom. The van der Waals surface area contributed by atoms with Crippen molar-refractivity contribution in [3.05, 3.63) is 12.3 Å². The molecular weight excluding hydrogens is 204 g/mol. The fourth-order valence-electron chi connectivity index (χ4n) is 2.26. The summed E-state index contributed by atoms with van der Waals surface area (Å²) >= 11 is 0. The summed E-state index contributed by atoms with van der Waals surface area (Å²) in [6.45, 7) is 0.834. The van der Waals surface area contributed by atoms with Crippen LogP contribution in [0.2, 0.25) is 0 Å². The molecular formula is C11H16N4O. The van der Waals surface area contributed by atoms with E-state index in [9.17, 15) is 0 Å². The third-order valence-electron chi connectivity index (χ3n) is 3.21. The molecule has 1 aliphatic carbocycles. The lowest BCUT2D eigenvalue weighted by Crippen LogP contribution is -2.31. The maximum Gasteiger partial charge on any atom is 0.224 e. The largest absolute Gasteiger partial charge is 0.384 e. The minimum Gasteiger partial charge on any atom is -0.384 e. The van der Waals surface area contributed by atoms with Gasteiger partial charge in [0, 0.05) is 12.8 Å². The topological polar surface area (TPSA) is 73.1 Å². The van der Waals surface area contributed by atoms with Crippen molar-refractivity contribution in [2.75, 3.05) is 17.7 Å². The Labute approximate surface area is 94.4 Å². The molecule has 1 saturated heterocycles. The minimum atomic E-state index is 0.338. The highest BCUT2D eigenvalue weighted by atomic mass is 16.5. The quantitative estimate of drug-likeness (QED) is 0.796. The summed E-state index contributed by atoms with van der Waals surface area (Å²) in [4.78, 5) is 8.31. The van der Waals surface area contributed by atoms with Crippen LogP contribution in [0.15, 0.2) is 12.3 Å². The van der Waals surface area contributed by atoms with Crippen LogP contribution in [-0.2, 0) is 4.74 Å². The number of nitrogens with zero attached hydrogens (tertiary/aromatic N) is 2. The molecule has 1 aromatic heterocycles. The zero-order valence-corrected chi connectivity index (χ0v) is 9.10. The molecule has 1 aliphatic heterocycles. The third kappa shape index (κ3) is 1.95. The van der Waals surface area contributed by atoms with E-state index in [1.807, 2.05) is 0 Å². The first-order valence-electron chi connectivity index (χ1n) is 5.79. The Hall–Kier alpha value is -1.36. The Balaban J connectivity index is 1.69. The van der Waals surface area contributed by atoms with Crippen LogP contribution in [-0.4, -0.2) is 28.7 Å². The van der Waals surface area contributed by atoms with Gasteiger partial charge in [0.2, 0.25) is 5.95 Å². The first-order chi connectivity index (χ1) is 7.83. The molecule has 0 bridgehead atoms. The van der Waals surface area contributed by atoms with Gasteiger partial charge < -0.3 is 15.8 Å². The number of ether oxygens (including phenoxy) is 1. The first-order valence-corrected chi connectivity index (χ1v) is 5.79. The zero-order chi connectivity index (χ0) is 11.0. The Morgan fingerprint density at radius 2 is 2.25 bits per heavy atom. The number of aromatic nitrogens is 2. The van der Waals surface area contributed by atoms with Gasteiger partial charge in [0.1, 0.15) is 5.82 Å². The monoisotopic (exact) mass is 220 g/mol. The lowest BCUT2D eigenvalue weighted by atomic mass is 10.1. The van der Waals surface area contributed by atoms with Crippen molar-refractivity contribution >= 4 is 11.8 Å². The summed E-state index contributed by atoms with van der Waals surface area (Å²) in [7, 11) is 0. The highest BCUT2D eigenvalue weighted by molar-refractivity contribution is 5.36. The molecule has 2 unspecified atom stereocenters. The van der Waals surface area contributed by atoms with Gasteiger partial charge in [-0.25, -0.2) is 4.98 Å². The normalized spacial score (nSPS) is 29.2. The van der Waals surface area contributed by atoms with Crippen molar-refractivity contribution in [3.63, 3.8) is 0 Å². The van der Waals surface area contributed by atoms with Crippen LogP contribution in [0, 0.1) is 5.92 Å². The zero-order valence-electron chi connectivity index (χ0n) is 9.10. The number of hydrogen-bond donors (Lipinski definition) is 2. The highest BCUT2D eigenvalue weighted by Gasteiger charge is 2.40. The average molecular weight is 220 g/mol. The molecule has 0 radical (unpaired) electrons. The molecule has 16 heavy (non-hydrogen) atoms. The highest BCUT2D eigenvalue weighted by Crippen LogP contribution is 2.39. The summed E-state index contributed by atoms with van der Waals surface area (Å²) in [5.41, 5.74) is 5.62. The van der Waals surface area contributed by atoms with Gasteiger partial charge in [-0.1, -0.05) is 0 Å². The molecule has 0 spiro atoms. The van der Waals surface area contributed by atoms with E-state index in [0.29, 0.717) is 23.9 Å². The van der Waals surface area contributed by atoms with Gasteiger partial charge >= 0.3 is 0 Å². The molecule has 2 aliphatic rings. The van der Waals surface area contributed by atoms with E-state index in [1.54, 1.807) is 12.3 Å². The molecule has 0 aromatic carbocycles. The van der Waals surface area contributed by atoms with Crippen molar-refractivity contribution in [3.8, 4) is 0 Å². The Morgan fingerprint density at radius 1 is 1.38 bits per heavy atom. The van der Waals surface area contributed by atoms with E-state index in [-0.39, 0.29) is 0 Å². The van der Waals surface area contributed by atoms with Gasteiger partial charge in [-0.3, -0.25) is 0 Å². The maximum atomic E-state index is 5.74. The van der Waals surface area contributed by atoms with Gasteiger partial charge in [0.05, 0.1) is 12.1 Å². The van der Waals surface area contributed by atoms with E-state index < -0.39 is 0 Å². The van der Waals surface area contributed by atoms with E-state index in [4.69, 9.17) is 10.5 Å². The number of rotatable bonds is 3. The fourth-order valence-corrected chi connectivity index (χ4v) is 2.26. The standard InChI is InChI=1S/C11H16N4O/c12-9-3-5-13-11(15-9)14-8-4-6-16-10(8)7-1-2-7/h3,5,7-8,10H,1-2,4,6H2,(H3,12,13,14,15). The number of hydrogen-bond acceptors (Lipinski definition) is 5. The Kier molecular flexibility index (Phi) is 2.40. The van der Waals surface area contributed by atoms with E-state index >= 15 is 0 Å². The number of nitrogen functional groups attached to an aromatic ring is 1. The van der Waals surface area contributed by atoms with E-state index in [2.05, 4.69) is 15.3 Å². The van der Waals surface area contributed by atoms with Gasteiger partial charge in [-0.2, -0.15) is 4.98 Å².